The summed E-state index contributed by atoms with van der Waals surface area (Å²) in [5.74, 6) is 0.996. The molecule has 6 nitrogen and oxygen atoms in total. The number of hydrogen-bond donors (Lipinski definition) is 0. The second-order valence-corrected chi connectivity index (χ2v) is 9.47. The first kappa shape index (κ1) is 26.9. The van der Waals surface area contributed by atoms with E-state index in [4.69, 9.17) is 10.2 Å². The van der Waals surface area contributed by atoms with E-state index >= 15 is 0 Å². The van der Waals surface area contributed by atoms with Gasteiger partial charge in [0.15, 0.2) is 12.4 Å². The van der Waals surface area contributed by atoms with Crippen LogP contribution in [0.2, 0.25) is 0 Å². The minimum atomic E-state index is 0. The molecule has 0 aliphatic rings. The van der Waals surface area contributed by atoms with E-state index in [1.54, 1.807) is 0 Å². The fraction of sp³-hybridized carbons (Fsp3) is 0.194. The van der Waals surface area contributed by atoms with E-state index in [-0.39, 0.29) is 12.4 Å². The fourth-order valence-corrected chi connectivity index (χ4v) is 4.80. The molecule has 1 heterocycles. The van der Waals surface area contributed by atoms with Crippen molar-refractivity contribution in [2.45, 2.75) is 13.3 Å². The summed E-state index contributed by atoms with van der Waals surface area (Å²) in [6.07, 6.45) is 8.57. The predicted molar refractivity (Wildman–Crippen MR) is 157 cm³/mol. The third-order valence-corrected chi connectivity index (χ3v) is 6.67. The maximum Gasteiger partial charge on any atom is 0.307 e. The van der Waals surface area contributed by atoms with Crippen LogP contribution in [0.25, 0.3) is 21.5 Å². The minimum absolute atomic E-state index is 0. The van der Waals surface area contributed by atoms with Crippen molar-refractivity contribution in [1.82, 2.24) is 4.68 Å². The van der Waals surface area contributed by atoms with Crippen LogP contribution in [0.5, 0.6) is 0 Å². The Bertz CT molecular complexity index is 1510. The van der Waals surface area contributed by atoms with Gasteiger partial charge in [-0.2, -0.15) is 0 Å². The monoisotopic (exact) mass is 524 g/mol. The van der Waals surface area contributed by atoms with E-state index in [9.17, 15) is 0 Å². The molecule has 0 unspecified atom stereocenters. The van der Waals surface area contributed by atoms with Gasteiger partial charge in [0.1, 0.15) is 0 Å². The summed E-state index contributed by atoms with van der Waals surface area (Å²) in [6.45, 7) is 2.12. The zero-order valence-corrected chi connectivity index (χ0v) is 23.3. The molecule has 38 heavy (non-hydrogen) atoms. The highest BCUT2D eigenvalue weighted by atomic mass is 35.5. The van der Waals surface area contributed by atoms with Gasteiger partial charge in [0.05, 0.1) is 18.9 Å². The van der Waals surface area contributed by atoms with Crippen LogP contribution in [0.4, 0.5) is 11.4 Å². The Morgan fingerprint density at radius 1 is 0.711 bits per heavy atom. The van der Waals surface area contributed by atoms with Crippen LogP contribution >= 0.6 is 0 Å². The molecule has 0 radical (unpaired) electrons. The Morgan fingerprint density at radius 2 is 1.21 bits per heavy atom. The van der Waals surface area contributed by atoms with Crippen LogP contribution in [-0.4, -0.2) is 45.3 Å². The largest absolute Gasteiger partial charge is 1.00 e. The molecule has 0 saturated heterocycles. The number of fused-ring (bicyclic) bond motifs is 2. The molecule has 0 N–H and O–H groups in total. The highest BCUT2D eigenvalue weighted by Gasteiger charge is 2.15. The molecule has 7 heteroatoms. The van der Waals surface area contributed by atoms with E-state index in [0.29, 0.717) is 0 Å². The average Bonchev–Trinajstić information content (AvgIpc) is 3.31. The molecule has 0 aliphatic heterocycles. The minimum Gasteiger partial charge on any atom is -1.00 e. The van der Waals surface area contributed by atoms with E-state index in [2.05, 4.69) is 118 Å². The van der Waals surface area contributed by atoms with Gasteiger partial charge < -0.3 is 22.2 Å². The molecular formula is C31H33ClN6. The second-order valence-electron chi connectivity index (χ2n) is 9.47. The molecule has 4 aromatic carbocycles. The Morgan fingerprint density at radius 3 is 1.71 bits per heavy atom. The topological polar surface area (TPSA) is 40.0 Å². The molecule has 0 spiro atoms. The first-order chi connectivity index (χ1) is 18.0. The highest BCUT2D eigenvalue weighted by Crippen LogP contribution is 2.28. The summed E-state index contributed by atoms with van der Waals surface area (Å²) in [4.78, 5) is 4.28. The molecule has 0 fully saturated rings. The molecular weight excluding hydrogens is 492 g/mol. The van der Waals surface area contributed by atoms with E-state index in [0.717, 1.165) is 23.4 Å². The van der Waals surface area contributed by atoms with Crippen LogP contribution in [-0.2, 0) is 6.42 Å². The lowest BCUT2D eigenvalue weighted by Gasteiger charge is -2.16. The molecule has 5 rings (SSSR count). The summed E-state index contributed by atoms with van der Waals surface area (Å²) in [6, 6.07) is 25.5. The quantitative estimate of drug-likeness (QED) is 0.242. The molecule has 1 aromatic heterocycles. The van der Waals surface area contributed by atoms with Crippen molar-refractivity contribution in [3.8, 4) is 0 Å². The molecule has 0 atom stereocenters. The van der Waals surface area contributed by atoms with Crippen molar-refractivity contribution in [3.05, 3.63) is 102 Å². The molecule has 0 amide bonds. The van der Waals surface area contributed by atoms with E-state index in [1.165, 1.54) is 32.9 Å². The zero-order valence-electron chi connectivity index (χ0n) is 22.5. The third-order valence-electron chi connectivity index (χ3n) is 6.67. The number of imidazole rings is 1. The van der Waals surface area contributed by atoms with Crippen molar-refractivity contribution in [2.75, 3.05) is 38.0 Å². The van der Waals surface area contributed by atoms with Crippen molar-refractivity contribution in [1.29, 1.82) is 0 Å². The Balaban J connectivity index is 0.00000336. The molecule has 0 saturated carbocycles. The fourth-order valence-electron chi connectivity index (χ4n) is 4.80. The van der Waals surface area contributed by atoms with Crippen LogP contribution < -0.4 is 26.9 Å². The number of halogens is 1. The first-order valence-corrected chi connectivity index (χ1v) is 12.6. The molecule has 194 valence electrons. The normalized spacial score (nSPS) is 11.5. The van der Waals surface area contributed by atoms with Gasteiger partial charge in [0, 0.05) is 61.5 Å². The predicted octanol–water partition coefficient (Wildman–Crippen LogP) is 2.54. The van der Waals surface area contributed by atoms with Gasteiger partial charge >= 0.3 is 5.82 Å². The van der Waals surface area contributed by atoms with Crippen LogP contribution in [0.1, 0.15) is 23.9 Å². The van der Waals surface area contributed by atoms with Gasteiger partial charge in [-0.15, -0.1) is 9.35 Å². The van der Waals surface area contributed by atoms with Crippen LogP contribution in [0, 0.1) is 0 Å². The zero-order chi connectivity index (χ0) is 25.9. The Hall–Kier alpha value is -4.16. The first-order valence-electron chi connectivity index (χ1n) is 12.6. The lowest BCUT2D eigenvalue weighted by molar-refractivity contribution is -0.685. The van der Waals surface area contributed by atoms with Crippen molar-refractivity contribution in [3.63, 3.8) is 0 Å². The van der Waals surface area contributed by atoms with Gasteiger partial charge in [-0.05, 0) is 22.9 Å². The number of benzene rings is 4. The Kier molecular flexibility index (Phi) is 8.13. The molecule has 0 bridgehead atoms. The lowest BCUT2D eigenvalue weighted by Crippen LogP contribution is -3.00. The van der Waals surface area contributed by atoms with Crippen molar-refractivity contribution >= 4 is 45.3 Å². The number of nitrogens with zero attached hydrogens (tertiary/aromatic N) is 6. The summed E-state index contributed by atoms with van der Waals surface area (Å²) in [5, 5.41) is 14.4. The molecule has 0 aliphatic carbocycles. The van der Waals surface area contributed by atoms with Crippen molar-refractivity contribution < 1.29 is 17.1 Å². The van der Waals surface area contributed by atoms with Crippen molar-refractivity contribution in [2.24, 2.45) is 10.2 Å². The summed E-state index contributed by atoms with van der Waals surface area (Å²) in [7, 11) is 8.28. The van der Waals surface area contributed by atoms with Gasteiger partial charge in [-0.25, -0.2) is 0 Å². The smallest absolute Gasteiger partial charge is 0.307 e. The summed E-state index contributed by atoms with van der Waals surface area (Å²) in [5.41, 5.74) is 4.56. The summed E-state index contributed by atoms with van der Waals surface area (Å²) < 4.78 is 3.80. The molecule has 5 aromatic rings. The van der Waals surface area contributed by atoms with Gasteiger partial charge in [0.2, 0.25) is 0 Å². The van der Waals surface area contributed by atoms with Crippen LogP contribution in [0.15, 0.2) is 95.4 Å². The lowest BCUT2D eigenvalue weighted by atomic mass is 10.0. The Labute approximate surface area is 230 Å². The van der Waals surface area contributed by atoms with Crippen LogP contribution in [0.3, 0.4) is 0 Å². The maximum absolute atomic E-state index is 4.81. The van der Waals surface area contributed by atoms with E-state index in [1.807, 2.05) is 34.2 Å². The van der Waals surface area contributed by atoms with E-state index < -0.39 is 0 Å². The van der Waals surface area contributed by atoms with Gasteiger partial charge in [-0.3, -0.25) is 0 Å². The average molecular weight is 525 g/mol. The number of aromatic nitrogens is 2. The standard InChI is InChI=1S/C31H33N6.ClH/c1-6-31-36(32-21-23-15-17-29(34(2)3)27-13-9-7-11-25(23)27)19-20-37(31)33-22-24-16-18-30(35(4)5)28-14-10-8-12-26(24)28;/h7-22H,6H2,1-5H3;1H/q+1;/p-1. The second kappa shape index (κ2) is 11.5. The number of anilines is 2. The number of hydrogen-bond acceptors (Lipinski definition) is 4. The third kappa shape index (κ3) is 5.13. The SMILES string of the molecule is CCc1n(N=Cc2ccc(N(C)C)c3ccccc23)cc[n+]1N=Cc1ccc(N(C)C)c2ccccc12.[Cl-]. The number of rotatable bonds is 7. The maximum atomic E-state index is 4.81. The summed E-state index contributed by atoms with van der Waals surface area (Å²) >= 11 is 0. The van der Waals surface area contributed by atoms with Gasteiger partial charge in [0.25, 0.3) is 0 Å². The highest BCUT2D eigenvalue weighted by molar-refractivity contribution is 6.06. The van der Waals surface area contributed by atoms with Gasteiger partial charge in [-0.1, -0.05) is 77.8 Å².